The molecule has 12 heteroatoms. The predicted molar refractivity (Wildman–Crippen MR) is 230 cm³/mol. The van der Waals surface area contributed by atoms with Crippen molar-refractivity contribution in [3.63, 3.8) is 0 Å². The van der Waals surface area contributed by atoms with Gasteiger partial charge in [-0.15, -0.1) is 0 Å². The monoisotopic (exact) mass is 807 g/mol. The number of hydrogen-bond acceptors (Lipinski definition) is 6. The molecule has 1 amide bonds. The molecule has 0 atom stereocenters. The molecule has 0 aliphatic rings. The molecule has 6 rings (SSSR count). The number of aryl methyl sites for hydroxylation is 5. The zero-order valence-electron chi connectivity index (χ0n) is 33.0. The zero-order valence-corrected chi connectivity index (χ0v) is 34.5. The summed E-state index contributed by atoms with van der Waals surface area (Å²) in [6, 6.07) is 23.2. The fourth-order valence-electron chi connectivity index (χ4n) is 7.29. The minimum atomic E-state index is -1.03. The van der Waals surface area contributed by atoms with Gasteiger partial charge in [-0.1, -0.05) is 59.6 Å². The highest BCUT2D eigenvalue weighted by atomic mass is 35.5. The molecule has 0 aliphatic carbocycles. The number of allylic oxidation sites excluding steroid dienone is 1. The molecule has 296 valence electrons. The molecule has 0 spiro atoms. The number of carboxylic acids is 1. The van der Waals surface area contributed by atoms with E-state index < -0.39 is 5.97 Å². The molecular formula is C45H47Cl2N5O5. The van der Waals surface area contributed by atoms with E-state index in [0.717, 1.165) is 83.3 Å². The van der Waals surface area contributed by atoms with E-state index in [-0.39, 0.29) is 5.69 Å². The van der Waals surface area contributed by atoms with Crippen LogP contribution in [0.2, 0.25) is 10.0 Å². The van der Waals surface area contributed by atoms with Gasteiger partial charge in [-0.3, -0.25) is 9.48 Å². The van der Waals surface area contributed by atoms with Gasteiger partial charge in [0.1, 0.15) is 23.8 Å². The van der Waals surface area contributed by atoms with Crippen molar-refractivity contribution < 1.29 is 24.2 Å². The summed E-state index contributed by atoms with van der Waals surface area (Å²) < 4.78 is 16.2. The minimum absolute atomic E-state index is 0.157. The largest absolute Gasteiger partial charge is 0.494 e. The average molecular weight is 809 g/mol. The van der Waals surface area contributed by atoms with E-state index in [1.165, 1.54) is 0 Å². The topological polar surface area (TPSA) is 120 Å². The van der Waals surface area contributed by atoms with Crippen LogP contribution in [-0.2, 0) is 25.5 Å². The van der Waals surface area contributed by atoms with Crippen molar-refractivity contribution >= 4 is 63.8 Å². The quantitative estimate of drug-likeness (QED) is 0.0477. The molecule has 0 saturated carbocycles. The molecule has 2 heterocycles. The average Bonchev–Trinajstić information content (AvgIpc) is 3.66. The highest BCUT2D eigenvalue weighted by molar-refractivity contribution is 6.34. The first-order valence-electron chi connectivity index (χ1n) is 18.8. The van der Waals surface area contributed by atoms with Gasteiger partial charge in [0.15, 0.2) is 0 Å². The molecule has 0 radical (unpaired) electrons. The van der Waals surface area contributed by atoms with Crippen LogP contribution in [0, 0.1) is 27.7 Å². The van der Waals surface area contributed by atoms with Gasteiger partial charge in [-0.25, -0.2) is 4.79 Å². The van der Waals surface area contributed by atoms with Crippen molar-refractivity contribution in [1.29, 1.82) is 0 Å². The van der Waals surface area contributed by atoms with Crippen molar-refractivity contribution in [2.24, 2.45) is 14.1 Å². The molecule has 0 unspecified atom stereocenters. The summed E-state index contributed by atoms with van der Waals surface area (Å²) in [7, 11) is 3.67. The van der Waals surface area contributed by atoms with Crippen molar-refractivity contribution in [1.82, 2.24) is 19.7 Å². The first-order valence-corrected chi connectivity index (χ1v) is 19.5. The Morgan fingerprint density at radius 1 is 0.895 bits per heavy atom. The zero-order chi connectivity index (χ0) is 40.8. The predicted octanol–water partition coefficient (Wildman–Crippen LogP) is 9.95. The smallest absolute Gasteiger partial charge is 0.352 e. The van der Waals surface area contributed by atoms with E-state index in [2.05, 4.69) is 16.7 Å². The Bertz CT molecular complexity index is 2450. The Balaban J connectivity index is 1.52. The van der Waals surface area contributed by atoms with E-state index in [0.29, 0.717) is 56.3 Å². The van der Waals surface area contributed by atoms with E-state index in [9.17, 15) is 14.7 Å². The Kier molecular flexibility index (Phi) is 13.0. The lowest BCUT2D eigenvalue weighted by Gasteiger charge is -2.21. The maximum absolute atomic E-state index is 12.4. The normalized spacial score (nSPS) is 11.5. The van der Waals surface area contributed by atoms with Crippen LogP contribution in [0.4, 0.5) is 5.69 Å². The van der Waals surface area contributed by atoms with E-state index in [4.69, 9.17) is 37.8 Å². The van der Waals surface area contributed by atoms with Gasteiger partial charge in [-0.05, 0) is 105 Å². The second-order valence-corrected chi connectivity index (χ2v) is 14.9. The van der Waals surface area contributed by atoms with Crippen LogP contribution in [-0.4, -0.2) is 51.5 Å². The van der Waals surface area contributed by atoms with Crippen LogP contribution in [0.5, 0.6) is 11.5 Å². The molecule has 0 aliphatic heterocycles. The first kappa shape index (κ1) is 40.9. The Morgan fingerprint density at radius 2 is 1.61 bits per heavy atom. The number of carbonyl (C=O) groups excluding carboxylic acids is 1. The van der Waals surface area contributed by atoms with E-state index in [1.807, 2.05) is 106 Å². The Morgan fingerprint density at radius 3 is 2.28 bits per heavy atom. The summed E-state index contributed by atoms with van der Waals surface area (Å²) in [5, 5.41) is 23.2. The third kappa shape index (κ3) is 9.14. The number of hydrogen-bond donors (Lipinski definition) is 3. The van der Waals surface area contributed by atoms with Crippen LogP contribution in [0.3, 0.4) is 0 Å². The summed E-state index contributed by atoms with van der Waals surface area (Å²) in [5.41, 5.74) is 10.7. The van der Waals surface area contributed by atoms with Gasteiger partial charge < -0.3 is 29.8 Å². The number of nitrogens with zero attached hydrogens (tertiary/aromatic N) is 3. The molecule has 10 nitrogen and oxygen atoms in total. The summed E-state index contributed by atoms with van der Waals surface area (Å²) in [6.07, 6.45) is 3.99. The number of carboxylic acid groups (broad SMARTS) is 1. The van der Waals surface area contributed by atoms with Crippen molar-refractivity contribution in [3.05, 3.63) is 128 Å². The highest BCUT2D eigenvalue weighted by Crippen LogP contribution is 2.44. The highest BCUT2D eigenvalue weighted by Gasteiger charge is 2.23. The number of fused-ring (bicyclic) bond motifs is 1. The molecule has 57 heavy (non-hydrogen) atoms. The van der Waals surface area contributed by atoms with Crippen LogP contribution in [0.25, 0.3) is 33.7 Å². The number of aromatic nitrogens is 3. The number of carbonyl (C=O) groups is 2. The minimum Gasteiger partial charge on any atom is -0.494 e. The second kappa shape index (κ2) is 18.0. The number of rotatable bonds is 17. The summed E-state index contributed by atoms with van der Waals surface area (Å²) in [4.78, 5) is 23.6. The maximum Gasteiger partial charge on any atom is 0.352 e. The van der Waals surface area contributed by atoms with Crippen molar-refractivity contribution in [2.75, 3.05) is 25.0 Å². The van der Waals surface area contributed by atoms with Crippen LogP contribution in [0.1, 0.15) is 62.5 Å². The van der Waals surface area contributed by atoms with Crippen LogP contribution >= 0.6 is 23.2 Å². The molecule has 2 aromatic heterocycles. The summed E-state index contributed by atoms with van der Waals surface area (Å²) >= 11 is 13.5. The fraction of sp³-hybridized carbons (Fsp3) is 0.267. The van der Waals surface area contributed by atoms with Gasteiger partial charge >= 0.3 is 5.97 Å². The molecule has 6 aromatic rings. The lowest BCUT2D eigenvalue weighted by molar-refractivity contribution is -0.109. The third-order valence-electron chi connectivity index (χ3n) is 10.1. The standard InChI is InChI=1S/C45H47Cl2N5O5/c1-27-19-35(20-28(2)42(27)47)56-18-10-13-32(37-14-15-38(46)41(43(37)49-17-16-48-26-53)40-29(3)50-52(6)30(40)4)21-33-22-36(57-25-31-11-8-7-9-12-31)23-34-24-39(45(54)55)51(5)44(33)34/h7-9,11-12,14-15,19-24,26,49H,10,13,16-18,25H2,1-6H3,(H,48,53)(H,54,55)/b32-21+. The summed E-state index contributed by atoms with van der Waals surface area (Å²) in [6.45, 7) is 9.48. The number of nitrogens with one attached hydrogen (secondary N) is 2. The number of anilines is 1. The molecule has 4 aromatic carbocycles. The molecular weight excluding hydrogens is 761 g/mol. The van der Waals surface area contributed by atoms with Gasteiger partial charge in [0, 0.05) is 65.5 Å². The van der Waals surface area contributed by atoms with Crippen LogP contribution in [0.15, 0.2) is 72.8 Å². The molecule has 3 N–H and O–H groups in total. The number of aromatic carboxylic acids is 1. The first-order chi connectivity index (χ1) is 27.4. The SMILES string of the molecule is Cc1cc(OCCC/C(=C\c2cc(OCc3ccccc3)cc3cc(C(=O)O)n(C)c23)c2ccc(Cl)c(-c3c(C)nn(C)c3C)c2NCCNC=O)cc(C)c1Cl. The van der Waals surface area contributed by atoms with Gasteiger partial charge in [-0.2, -0.15) is 5.10 Å². The fourth-order valence-corrected chi connectivity index (χ4v) is 7.66. The van der Waals surface area contributed by atoms with E-state index >= 15 is 0 Å². The van der Waals surface area contributed by atoms with Crippen molar-refractivity contribution in [2.45, 2.75) is 47.1 Å². The number of benzene rings is 4. The lowest BCUT2D eigenvalue weighted by Crippen LogP contribution is -2.21. The van der Waals surface area contributed by atoms with Gasteiger partial charge in [0.2, 0.25) is 6.41 Å². The maximum atomic E-state index is 12.4. The van der Waals surface area contributed by atoms with Crippen molar-refractivity contribution in [3.8, 4) is 22.6 Å². The Hall–Kier alpha value is -5.71. The third-order valence-corrected chi connectivity index (χ3v) is 11.0. The van der Waals surface area contributed by atoms with Gasteiger partial charge in [0.05, 0.1) is 28.5 Å². The molecule has 0 saturated heterocycles. The lowest BCUT2D eigenvalue weighted by atomic mass is 9.91. The summed E-state index contributed by atoms with van der Waals surface area (Å²) in [5.74, 6) is 0.324. The number of amides is 1. The van der Waals surface area contributed by atoms with E-state index in [1.54, 1.807) is 17.7 Å². The second-order valence-electron chi connectivity index (χ2n) is 14.1. The number of ether oxygens (including phenoxy) is 2. The number of halogens is 2. The molecule has 0 bridgehead atoms. The van der Waals surface area contributed by atoms with Gasteiger partial charge in [0.25, 0.3) is 0 Å². The van der Waals surface area contributed by atoms with Crippen LogP contribution < -0.4 is 20.1 Å². The Labute approximate surface area is 343 Å². The molecule has 0 fully saturated rings.